The van der Waals surface area contributed by atoms with Gasteiger partial charge in [-0.05, 0) is 18.7 Å². The summed E-state index contributed by atoms with van der Waals surface area (Å²) in [5.74, 6) is 2.56. The van der Waals surface area contributed by atoms with Gasteiger partial charge in [0, 0.05) is 11.5 Å². The highest BCUT2D eigenvalue weighted by atomic mass is 16.6. The molecule has 16 heavy (non-hydrogen) atoms. The average molecular weight is 223 g/mol. The van der Waals surface area contributed by atoms with E-state index in [4.69, 9.17) is 19.9 Å². The first kappa shape index (κ1) is 11.1. The molecule has 0 radical (unpaired) electrons. The molecule has 0 amide bonds. The molecule has 1 aromatic rings. The maximum atomic E-state index is 5.71. The molecule has 0 bridgehead atoms. The second-order valence-corrected chi connectivity index (χ2v) is 3.84. The first-order valence-electron chi connectivity index (χ1n) is 5.44. The van der Waals surface area contributed by atoms with Crippen molar-refractivity contribution in [1.82, 2.24) is 0 Å². The molecule has 0 aromatic heterocycles. The van der Waals surface area contributed by atoms with Crippen LogP contribution in [0.25, 0.3) is 0 Å². The quantitative estimate of drug-likeness (QED) is 0.844. The van der Waals surface area contributed by atoms with E-state index < -0.39 is 0 Å². The molecule has 1 heterocycles. The molecule has 4 heteroatoms. The van der Waals surface area contributed by atoms with Gasteiger partial charge in [0.15, 0.2) is 11.5 Å². The summed E-state index contributed by atoms with van der Waals surface area (Å²) < 4.78 is 16.5. The molecule has 0 saturated heterocycles. The van der Waals surface area contributed by atoms with Crippen molar-refractivity contribution in [2.45, 2.75) is 12.8 Å². The second-order valence-electron chi connectivity index (χ2n) is 3.84. The predicted octanol–water partition coefficient (Wildman–Crippen LogP) is 1.53. The molecule has 2 rings (SSSR count). The fourth-order valence-electron chi connectivity index (χ4n) is 1.88. The number of fused-ring (bicyclic) bond motifs is 1. The average Bonchev–Trinajstić information content (AvgIpc) is 2.36. The minimum atomic E-state index is 0.187. The molecule has 4 nitrogen and oxygen atoms in total. The molecular formula is C12H17NO3. The Balaban J connectivity index is 2.51. The maximum absolute atomic E-state index is 5.71. The van der Waals surface area contributed by atoms with E-state index in [0.29, 0.717) is 19.8 Å². The van der Waals surface area contributed by atoms with Gasteiger partial charge < -0.3 is 19.9 Å². The zero-order chi connectivity index (χ0) is 11.5. The Kier molecular flexibility index (Phi) is 3.19. The van der Waals surface area contributed by atoms with Crippen LogP contribution in [0.3, 0.4) is 0 Å². The van der Waals surface area contributed by atoms with E-state index in [0.717, 1.165) is 22.8 Å². The first-order chi connectivity index (χ1) is 7.77. The van der Waals surface area contributed by atoms with Crippen molar-refractivity contribution < 1.29 is 14.2 Å². The van der Waals surface area contributed by atoms with Crippen molar-refractivity contribution in [1.29, 1.82) is 0 Å². The summed E-state index contributed by atoms with van der Waals surface area (Å²) in [7, 11) is 1.65. The molecule has 1 aliphatic heterocycles. The normalized spacial score (nSPS) is 15.7. The van der Waals surface area contributed by atoms with Gasteiger partial charge in [0.05, 0.1) is 7.11 Å². The number of ether oxygens (including phenoxy) is 3. The highest BCUT2D eigenvalue weighted by Crippen LogP contribution is 2.42. The summed E-state index contributed by atoms with van der Waals surface area (Å²) in [5.41, 5.74) is 6.71. The summed E-state index contributed by atoms with van der Waals surface area (Å²) in [4.78, 5) is 0. The van der Waals surface area contributed by atoms with Crippen LogP contribution in [0.2, 0.25) is 0 Å². The highest BCUT2D eigenvalue weighted by Gasteiger charge is 2.23. The lowest BCUT2D eigenvalue weighted by Crippen LogP contribution is -2.19. The van der Waals surface area contributed by atoms with Crippen LogP contribution in [0, 0.1) is 0 Å². The van der Waals surface area contributed by atoms with Crippen molar-refractivity contribution >= 4 is 0 Å². The summed E-state index contributed by atoms with van der Waals surface area (Å²) in [6.45, 7) is 3.77. The van der Waals surface area contributed by atoms with Crippen molar-refractivity contribution in [3.05, 3.63) is 17.7 Å². The van der Waals surface area contributed by atoms with E-state index in [1.807, 2.05) is 12.1 Å². The molecule has 1 aliphatic rings. The van der Waals surface area contributed by atoms with Gasteiger partial charge in [-0.3, -0.25) is 0 Å². The summed E-state index contributed by atoms with van der Waals surface area (Å²) in [6, 6.07) is 3.77. The summed E-state index contributed by atoms with van der Waals surface area (Å²) in [6.07, 6.45) is 0. The number of hydrogen-bond donors (Lipinski definition) is 1. The van der Waals surface area contributed by atoms with E-state index in [1.54, 1.807) is 7.11 Å². The lowest BCUT2D eigenvalue weighted by molar-refractivity contribution is 0.168. The van der Waals surface area contributed by atoms with Gasteiger partial charge in [0.2, 0.25) is 0 Å². The van der Waals surface area contributed by atoms with Crippen LogP contribution in [0.4, 0.5) is 0 Å². The van der Waals surface area contributed by atoms with Gasteiger partial charge in [-0.25, -0.2) is 0 Å². The Morgan fingerprint density at radius 3 is 2.81 bits per heavy atom. The van der Waals surface area contributed by atoms with Crippen LogP contribution in [0.15, 0.2) is 12.1 Å². The molecule has 2 N–H and O–H groups in total. The third kappa shape index (κ3) is 1.80. The molecule has 1 unspecified atom stereocenters. The predicted molar refractivity (Wildman–Crippen MR) is 61.5 cm³/mol. The number of benzene rings is 1. The Morgan fingerprint density at radius 1 is 1.38 bits per heavy atom. The smallest absolute Gasteiger partial charge is 0.168 e. The monoisotopic (exact) mass is 223 g/mol. The van der Waals surface area contributed by atoms with Crippen LogP contribution in [0.5, 0.6) is 17.2 Å². The van der Waals surface area contributed by atoms with Crippen LogP contribution in [0.1, 0.15) is 18.4 Å². The molecule has 88 valence electrons. The van der Waals surface area contributed by atoms with E-state index in [9.17, 15) is 0 Å². The SMILES string of the molecule is COc1ccc2c(c1C(C)CN)OCCO2. The van der Waals surface area contributed by atoms with Gasteiger partial charge in [-0.15, -0.1) is 0 Å². The van der Waals surface area contributed by atoms with Crippen LogP contribution in [-0.2, 0) is 0 Å². The lowest BCUT2D eigenvalue weighted by atomic mass is 9.98. The van der Waals surface area contributed by atoms with Crippen molar-refractivity contribution in [3.63, 3.8) is 0 Å². The second kappa shape index (κ2) is 4.61. The molecule has 0 saturated carbocycles. The third-order valence-corrected chi connectivity index (χ3v) is 2.77. The van der Waals surface area contributed by atoms with Crippen LogP contribution in [-0.4, -0.2) is 26.9 Å². The van der Waals surface area contributed by atoms with E-state index in [2.05, 4.69) is 6.92 Å². The fraction of sp³-hybridized carbons (Fsp3) is 0.500. The minimum Gasteiger partial charge on any atom is -0.496 e. The number of hydrogen-bond acceptors (Lipinski definition) is 4. The zero-order valence-electron chi connectivity index (χ0n) is 9.66. The topological polar surface area (TPSA) is 53.7 Å². The van der Waals surface area contributed by atoms with Crippen LogP contribution >= 0.6 is 0 Å². The maximum Gasteiger partial charge on any atom is 0.168 e. The molecule has 1 atom stereocenters. The largest absolute Gasteiger partial charge is 0.496 e. The standard InChI is InChI=1S/C12H17NO3/c1-8(7-13)11-9(14-2)3-4-10-12(11)16-6-5-15-10/h3-4,8H,5-7,13H2,1-2H3. The van der Waals surface area contributed by atoms with Crippen molar-refractivity contribution in [3.8, 4) is 17.2 Å². The van der Waals surface area contributed by atoms with Gasteiger partial charge in [0.1, 0.15) is 19.0 Å². The number of methoxy groups -OCH3 is 1. The number of rotatable bonds is 3. The van der Waals surface area contributed by atoms with Crippen molar-refractivity contribution in [2.75, 3.05) is 26.9 Å². The Labute approximate surface area is 95.3 Å². The number of nitrogens with two attached hydrogens (primary N) is 1. The highest BCUT2D eigenvalue weighted by molar-refractivity contribution is 5.56. The van der Waals surface area contributed by atoms with Crippen LogP contribution < -0.4 is 19.9 Å². The minimum absolute atomic E-state index is 0.187. The molecule has 1 aromatic carbocycles. The Morgan fingerprint density at radius 2 is 2.12 bits per heavy atom. The zero-order valence-corrected chi connectivity index (χ0v) is 9.66. The molecule has 0 aliphatic carbocycles. The van der Waals surface area contributed by atoms with Gasteiger partial charge in [0.25, 0.3) is 0 Å². The third-order valence-electron chi connectivity index (χ3n) is 2.77. The van der Waals surface area contributed by atoms with Gasteiger partial charge in [-0.2, -0.15) is 0 Å². The molecule has 0 fully saturated rings. The summed E-state index contributed by atoms with van der Waals surface area (Å²) >= 11 is 0. The van der Waals surface area contributed by atoms with Gasteiger partial charge in [-0.1, -0.05) is 6.92 Å². The summed E-state index contributed by atoms with van der Waals surface area (Å²) in [5, 5.41) is 0. The van der Waals surface area contributed by atoms with Gasteiger partial charge >= 0.3 is 0 Å². The molecule has 0 spiro atoms. The van der Waals surface area contributed by atoms with Crippen molar-refractivity contribution in [2.24, 2.45) is 5.73 Å². The van der Waals surface area contributed by atoms with E-state index in [-0.39, 0.29) is 5.92 Å². The first-order valence-corrected chi connectivity index (χ1v) is 5.44. The Hall–Kier alpha value is -1.42. The fourth-order valence-corrected chi connectivity index (χ4v) is 1.88. The van der Waals surface area contributed by atoms with E-state index >= 15 is 0 Å². The lowest BCUT2D eigenvalue weighted by Gasteiger charge is -2.24. The Bertz CT molecular complexity index is 379. The molecular weight excluding hydrogens is 206 g/mol. The van der Waals surface area contributed by atoms with E-state index in [1.165, 1.54) is 0 Å².